The van der Waals surface area contributed by atoms with Crippen LogP contribution in [0.3, 0.4) is 0 Å². The highest BCUT2D eigenvalue weighted by Crippen LogP contribution is 2.23. The lowest BCUT2D eigenvalue weighted by atomic mass is 10.2. The van der Waals surface area contributed by atoms with Gasteiger partial charge in [-0.05, 0) is 51.0 Å². The number of rotatable bonds is 9. The van der Waals surface area contributed by atoms with Crippen molar-refractivity contribution in [3.05, 3.63) is 0 Å². The quantitative estimate of drug-likeness (QED) is 0.481. The Hall–Kier alpha value is 0.0569. The fraction of sp³-hybridized carbons (Fsp3) is 1.00. The second kappa shape index (κ2) is 9.13. The molecule has 0 aromatic heterocycles. The Labute approximate surface area is 150 Å². The van der Waals surface area contributed by atoms with E-state index in [1.807, 2.05) is 0 Å². The highest BCUT2D eigenvalue weighted by atomic mass is 28.4. The Morgan fingerprint density at radius 1 is 0.667 bits per heavy atom. The highest BCUT2D eigenvalue weighted by molar-refractivity contribution is 6.70. The molecule has 0 unspecified atom stereocenters. The average molecular weight is 353 g/mol. The van der Waals surface area contributed by atoms with Crippen molar-refractivity contribution in [2.75, 3.05) is 6.54 Å². The Balaban J connectivity index is 1.71. The molecule has 5 heteroatoms. The van der Waals surface area contributed by atoms with Crippen molar-refractivity contribution in [1.82, 2.24) is 19.9 Å². The smallest absolute Gasteiger partial charge is 0.300 e. The van der Waals surface area contributed by atoms with E-state index < -0.39 is 8.72 Å². The van der Waals surface area contributed by atoms with E-state index in [1.165, 1.54) is 77.0 Å². The largest absolute Gasteiger partial charge is 0.366 e. The zero-order valence-corrected chi connectivity index (χ0v) is 17.0. The summed E-state index contributed by atoms with van der Waals surface area (Å²) in [5.74, 6) is 0.693. The summed E-state index contributed by atoms with van der Waals surface area (Å²) >= 11 is 0. The average Bonchev–Trinajstić information content (AvgIpc) is 3.28. The topological polar surface area (TPSA) is 48.1 Å². The zero-order chi connectivity index (χ0) is 16.8. The van der Waals surface area contributed by atoms with Crippen LogP contribution >= 0.6 is 0 Å². The van der Waals surface area contributed by atoms with E-state index in [9.17, 15) is 0 Å². The molecule has 0 aromatic carbocycles. The lowest BCUT2D eigenvalue weighted by Crippen LogP contribution is -2.84. The maximum Gasteiger partial charge on any atom is 0.366 e. The van der Waals surface area contributed by atoms with Crippen LogP contribution in [0.2, 0.25) is 0 Å². The molecule has 3 rings (SSSR count). The third kappa shape index (κ3) is 5.53. The van der Waals surface area contributed by atoms with Crippen molar-refractivity contribution < 1.29 is 0 Å². The van der Waals surface area contributed by atoms with Gasteiger partial charge in [0.25, 0.3) is 0 Å². The highest BCUT2D eigenvalue weighted by Gasteiger charge is 2.42. The maximum absolute atomic E-state index is 4.14. The van der Waals surface area contributed by atoms with Gasteiger partial charge in [0.1, 0.15) is 0 Å². The monoisotopic (exact) mass is 352 g/mol. The molecule has 0 amide bonds. The molecule has 4 N–H and O–H groups in total. The van der Waals surface area contributed by atoms with Crippen LogP contribution in [-0.2, 0) is 0 Å². The van der Waals surface area contributed by atoms with Gasteiger partial charge in [-0.2, -0.15) is 0 Å². The van der Waals surface area contributed by atoms with E-state index in [1.54, 1.807) is 0 Å². The van der Waals surface area contributed by atoms with E-state index in [0.717, 1.165) is 6.54 Å². The first-order chi connectivity index (χ1) is 11.7. The van der Waals surface area contributed by atoms with Gasteiger partial charge in [-0.3, -0.25) is 14.9 Å². The molecule has 3 fully saturated rings. The van der Waals surface area contributed by atoms with Crippen LogP contribution in [0.15, 0.2) is 0 Å². The molecule has 3 aliphatic carbocycles. The maximum atomic E-state index is 4.14. The summed E-state index contributed by atoms with van der Waals surface area (Å²) in [7, 11) is -2.05. The van der Waals surface area contributed by atoms with Crippen LogP contribution in [0.5, 0.6) is 0 Å². The Morgan fingerprint density at radius 3 is 1.29 bits per heavy atom. The van der Waals surface area contributed by atoms with Crippen molar-refractivity contribution in [3.63, 3.8) is 0 Å². The first-order valence-corrected chi connectivity index (χ1v) is 12.7. The third-order valence-corrected chi connectivity index (χ3v) is 9.36. The fourth-order valence-corrected chi connectivity index (χ4v) is 8.74. The van der Waals surface area contributed by atoms with Gasteiger partial charge in [0.2, 0.25) is 0 Å². The molecule has 0 aromatic rings. The van der Waals surface area contributed by atoms with Crippen molar-refractivity contribution in [3.8, 4) is 0 Å². The molecule has 0 spiro atoms. The Bertz CT molecular complexity index is 313. The van der Waals surface area contributed by atoms with Crippen LogP contribution in [0, 0.1) is 5.92 Å². The predicted molar refractivity (Wildman–Crippen MR) is 105 cm³/mol. The Morgan fingerprint density at radius 2 is 1.00 bits per heavy atom. The van der Waals surface area contributed by atoms with Gasteiger partial charge in [0.15, 0.2) is 0 Å². The second-order valence-corrected chi connectivity index (χ2v) is 11.6. The summed E-state index contributed by atoms with van der Waals surface area (Å²) in [4.78, 5) is 16.5. The third-order valence-electron chi connectivity index (χ3n) is 6.10. The van der Waals surface area contributed by atoms with Gasteiger partial charge in [0.05, 0.1) is 0 Å². The molecule has 0 aliphatic heterocycles. The summed E-state index contributed by atoms with van der Waals surface area (Å²) in [6.45, 7) is 5.76. The minimum Gasteiger partial charge on any atom is -0.300 e. The van der Waals surface area contributed by atoms with Gasteiger partial charge in [-0.15, -0.1) is 0 Å². The normalized spacial score (nSPS) is 24.6. The van der Waals surface area contributed by atoms with Crippen molar-refractivity contribution in [1.29, 1.82) is 0 Å². The first kappa shape index (κ1) is 18.8. The molecule has 4 nitrogen and oxygen atoms in total. The molecule has 140 valence electrons. The van der Waals surface area contributed by atoms with Crippen LogP contribution in [-0.4, -0.2) is 33.4 Å². The van der Waals surface area contributed by atoms with Crippen LogP contribution in [0.1, 0.15) is 90.9 Å². The molecule has 0 heterocycles. The van der Waals surface area contributed by atoms with Crippen molar-refractivity contribution in [2.24, 2.45) is 5.92 Å². The lowest BCUT2D eigenvalue weighted by Gasteiger charge is -2.40. The number of hydrogen-bond acceptors (Lipinski definition) is 4. The standard InChI is InChI=1S/C19H40N4Si/c1-16(2)15-20-24(21-17-9-3-4-10-17,22-18-11-5-6-12-18)23-19-13-7-8-14-19/h16-23H,3-15H2,1-2H3. The lowest BCUT2D eigenvalue weighted by molar-refractivity contribution is 0.491. The van der Waals surface area contributed by atoms with E-state index in [4.69, 9.17) is 0 Å². The first-order valence-electron chi connectivity index (χ1n) is 10.7. The minimum absolute atomic E-state index is 0.693. The number of hydrogen-bond donors (Lipinski definition) is 4. The minimum atomic E-state index is -2.05. The van der Waals surface area contributed by atoms with E-state index in [0.29, 0.717) is 24.0 Å². The Kier molecular flexibility index (Phi) is 7.16. The van der Waals surface area contributed by atoms with Crippen LogP contribution in [0.4, 0.5) is 0 Å². The fourth-order valence-electron chi connectivity index (χ4n) is 4.76. The van der Waals surface area contributed by atoms with E-state index in [2.05, 4.69) is 33.8 Å². The van der Waals surface area contributed by atoms with Crippen molar-refractivity contribution >= 4 is 8.72 Å². The van der Waals surface area contributed by atoms with Gasteiger partial charge in [-0.1, -0.05) is 52.4 Å². The molecule has 3 aliphatic rings. The van der Waals surface area contributed by atoms with Gasteiger partial charge >= 0.3 is 8.72 Å². The van der Waals surface area contributed by atoms with Crippen molar-refractivity contribution in [2.45, 2.75) is 109 Å². The van der Waals surface area contributed by atoms with Gasteiger partial charge in [-0.25, -0.2) is 0 Å². The molecular weight excluding hydrogens is 312 g/mol. The molecular formula is C19H40N4Si. The second-order valence-electron chi connectivity index (χ2n) is 8.90. The summed E-state index contributed by atoms with van der Waals surface area (Å²) in [6, 6.07) is 2.12. The SMILES string of the molecule is CC(C)CN[Si](NC1CCCC1)(NC1CCCC1)NC1CCCC1. The molecule has 0 saturated heterocycles. The molecule has 0 bridgehead atoms. The van der Waals surface area contributed by atoms with E-state index >= 15 is 0 Å². The molecule has 0 atom stereocenters. The van der Waals surface area contributed by atoms with Gasteiger partial charge < -0.3 is 4.98 Å². The van der Waals surface area contributed by atoms with E-state index in [-0.39, 0.29) is 0 Å². The summed E-state index contributed by atoms with van der Waals surface area (Å²) < 4.78 is 0. The summed E-state index contributed by atoms with van der Waals surface area (Å²) in [5, 5.41) is 0. The molecule has 3 saturated carbocycles. The van der Waals surface area contributed by atoms with Gasteiger partial charge in [0, 0.05) is 18.1 Å². The zero-order valence-electron chi connectivity index (χ0n) is 16.0. The van der Waals surface area contributed by atoms with Crippen LogP contribution in [0.25, 0.3) is 0 Å². The summed E-state index contributed by atoms with van der Waals surface area (Å²) in [5.41, 5.74) is 0. The predicted octanol–water partition coefficient (Wildman–Crippen LogP) is 3.26. The molecule has 0 radical (unpaired) electrons. The van der Waals surface area contributed by atoms with Crippen LogP contribution < -0.4 is 19.9 Å². The number of nitrogens with one attached hydrogen (secondary N) is 4. The summed E-state index contributed by atoms with van der Waals surface area (Å²) in [6.07, 6.45) is 16.6. The molecule has 24 heavy (non-hydrogen) atoms.